The van der Waals surface area contributed by atoms with Crippen LogP contribution in [-0.2, 0) is 13.1 Å². The maximum atomic E-state index is 13.7. The summed E-state index contributed by atoms with van der Waals surface area (Å²) in [5.74, 6) is 0. The predicted molar refractivity (Wildman–Crippen MR) is 140 cm³/mol. The zero-order chi connectivity index (χ0) is 23.4. The number of aromatic nitrogens is 4. The van der Waals surface area contributed by atoms with E-state index in [2.05, 4.69) is 33.7 Å². The summed E-state index contributed by atoms with van der Waals surface area (Å²) in [7, 11) is 0. The highest BCUT2D eigenvalue weighted by Crippen LogP contribution is 2.39. The average molecular weight is 510 g/mol. The van der Waals surface area contributed by atoms with Crippen LogP contribution in [0.1, 0.15) is 35.2 Å². The molecule has 1 aliphatic carbocycles. The Morgan fingerprint density at radius 1 is 1.15 bits per heavy atom. The minimum Gasteiger partial charge on any atom is -0.361 e. The van der Waals surface area contributed by atoms with Gasteiger partial charge in [-0.2, -0.15) is 0 Å². The van der Waals surface area contributed by atoms with Gasteiger partial charge in [0.2, 0.25) is 0 Å². The molecule has 4 aromatic heterocycles. The molecule has 7 nitrogen and oxygen atoms in total. The topological polar surface area (TPSA) is 84.7 Å². The quantitative estimate of drug-likeness (QED) is 0.310. The molecule has 4 heterocycles. The van der Waals surface area contributed by atoms with Gasteiger partial charge in [-0.05, 0) is 67.8 Å². The molecular weight excluding hydrogens is 486 g/mol. The molecule has 2 N–H and O–H groups in total. The Labute approximate surface area is 207 Å². The second kappa shape index (κ2) is 8.23. The first kappa shape index (κ1) is 21.8. The average Bonchev–Trinajstić information content (AvgIpc) is 3.21. The van der Waals surface area contributed by atoms with Crippen molar-refractivity contribution in [3.8, 4) is 0 Å². The van der Waals surface area contributed by atoms with Crippen molar-refractivity contribution in [2.24, 2.45) is 0 Å². The van der Waals surface area contributed by atoms with Crippen molar-refractivity contribution >= 4 is 55.7 Å². The number of thiazole rings is 1. The Balaban J connectivity index is 1.47. The van der Waals surface area contributed by atoms with E-state index in [4.69, 9.17) is 0 Å². The van der Waals surface area contributed by atoms with Gasteiger partial charge in [-0.15, -0.1) is 22.7 Å². The smallest absolute Gasteiger partial charge is 0.332 e. The van der Waals surface area contributed by atoms with Crippen LogP contribution in [0.3, 0.4) is 0 Å². The molecule has 0 spiro atoms. The van der Waals surface area contributed by atoms with Gasteiger partial charge >= 0.3 is 5.69 Å². The molecule has 6 rings (SSSR count). The van der Waals surface area contributed by atoms with Crippen LogP contribution in [0.15, 0.2) is 56.5 Å². The minimum atomic E-state index is -0.296. The van der Waals surface area contributed by atoms with E-state index in [1.54, 1.807) is 22.7 Å². The highest BCUT2D eigenvalue weighted by Gasteiger charge is 2.37. The third-order valence-corrected chi connectivity index (χ3v) is 9.48. The maximum absolute atomic E-state index is 13.7. The van der Waals surface area contributed by atoms with Crippen LogP contribution in [0.25, 0.3) is 21.1 Å². The fourth-order valence-corrected chi connectivity index (χ4v) is 6.90. The summed E-state index contributed by atoms with van der Waals surface area (Å²) in [6.45, 7) is 4.74. The van der Waals surface area contributed by atoms with Gasteiger partial charge in [0, 0.05) is 28.3 Å². The van der Waals surface area contributed by atoms with E-state index in [0.29, 0.717) is 16.8 Å². The van der Waals surface area contributed by atoms with Crippen LogP contribution in [-0.4, -0.2) is 24.6 Å². The van der Waals surface area contributed by atoms with Crippen molar-refractivity contribution in [2.75, 3.05) is 0 Å². The van der Waals surface area contributed by atoms with Gasteiger partial charge in [-0.25, -0.2) is 9.78 Å². The highest BCUT2D eigenvalue weighted by atomic mass is 32.2. The molecule has 0 aliphatic heterocycles. The summed E-state index contributed by atoms with van der Waals surface area (Å²) in [5.41, 5.74) is 1.65. The van der Waals surface area contributed by atoms with Crippen LogP contribution in [0.5, 0.6) is 0 Å². The molecule has 0 saturated heterocycles. The predicted octanol–water partition coefficient (Wildman–Crippen LogP) is 4.72. The standard InChI is InChI=1S/C24H23N5O2S3/c1-14-26-11-17(32-14)13-28-21(30)18-10-20(34-27-24(2)6-7-24)33-22(18)29(23(28)31)12-15-3-4-16-5-8-25-19(16)9-15/h3-5,8-11,25,27H,6-7,12-13H2,1-2H3. The fraction of sp³-hybridized carbons (Fsp3) is 0.292. The minimum absolute atomic E-state index is 0.163. The molecule has 5 aromatic rings. The SMILES string of the molecule is Cc1ncc(Cn2c(=O)c3cc(SNC4(C)CC4)sc3n(Cc3ccc4cc[nH]c4c3)c2=O)s1. The lowest BCUT2D eigenvalue weighted by atomic mass is 10.1. The Kier molecular flexibility index (Phi) is 5.29. The number of H-pyrrole nitrogens is 1. The number of thiophene rings is 1. The van der Waals surface area contributed by atoms with E-state index in [0.717, 1.165) is 43.4 Å². The van der Waals surface area contributed by atoms with Crippen LogP contribution in [0.2, 0.25) is 0 Å². The van der Waals surface area contributed by atoms with Gasteiger partial charge in [0.15, 0.2) is 0 Å². The number of fused-ring (bicyclic) bond motifs is 2. The summed E-state index contributed by atoms with van der Waals surface area (Å²) < 4.78 is 7.58. The van der Waals surface area contributed by atoms with E-state index in [9.17, 15) is 9.59 Å². The number of nitrogens with one attached hydrogen (secondary N) is 2. The first-order valence-corrected chi connectivity index (χ1v) is 13.5. The van der Waals surface area contributed by atoms with Gasteiger partial charge in [0.1, 0.15) is 4.83 Å². The Morgan fingerprint density at radius 2 is 2.00 bits per heavy atom. The Bertz CT molecular complexity index is 1650. The molecule has 0 unspecified atom stereocenters. The molecule has 1 fully saturated rings. The third-order valence-electron chi connectivity index (χ3n) is 6.21. The number of nitrogens with zero attached hydrogens (tertiary/aromatic N) is 3. The molecule has 0 radical (unpaired) electrons. The summed E-state index contributed by atoms with van der Waals surface area (Å²) in [4.78, 5) is 36.2. The van der Waals surface area contributed by atoms with Crippen molar-refractivity contribution < 1.29 is 0 Å². The summed E-state index contributed by atoms with van der Waals surface area (Å²) >= 11 is 4.56. The highest BCUT2D eigenvalue weighted by molar-refractivity contribution is 7.99. The first-order valence-electron chi connectivity index (χ1n) is 11.1. The monoisotopic (exact) mass is 509 g/mol. The molecule has 174 valence electrons. The zero-order valence-electron chi connectivity index (χ0n) is 18.8. The second-order valence-electron chi connectivity index (χ2n) is 9.05. The van der Waals surface area contributed by atoms with Crippen molar-refractivity contribution in [2.45, 2.75) is 49.5 Å². The number of aromatic amines is 1. The summed E-state index contributed by atoms with van der Waals surface area (Å²) in [6, 6.07) is 10.1. The molecule has 0 atom stereocenters. The maximum Gasteiger partial charge on any atom is 0.332 e. The number of aryl methyl sites for hydroxylation is 1. The lowest BCUT2D eigenvalue weighted by Gasteiger charge is -2.12. The van der Waals surface area contributed by atoms with Gasteiger partial charge in [-0.1, -0.05) is 12.1 Å². The number of benzene rings is 1. The number of hydrogen-bond donors (Lipinski definition) is 2. The Hall–Kier alpha value is -2.66. The molecule has 34 heavy (non-hydrogen) atoms. The second-order valence-corrected chi connectivity index (χ2v) is 12.5. The molecule has 0 amide bonds. The van der Waals surface area contributed by atoms with Crippen LogP contribution < -0.4 is 16.0 Å². The summed E-state index contributed by atoms with van der Waals surface area (Å²) in [5, 5.41) is 2.62. The summed E-state index contributed by atoms with van der Waals surface area (Å²) in [6.07, 6.45) is 5.96. The molecule has 10 heteroatoms. The largest absolute Gasteiger partial charge is 0.361 e. The number of rotatable bonds is 7. The van der Waals surface area contributed by atoms with Crippen molar-refractivity contribution in [3.63, 3.8) is 0 Å². The first-order chi connectivity index (χ1) is 16.4. The van der Waals surface area contributed by atoms with Gasteiger partial charge in [-0.3, -0.25) is 18.7 Å². The van der Waals surface area contributed by atoms with Crippen LogP contribution >= 0.6 is 34.6 Å². The molecule has 1 saturated carbocycles. The molecule has 1 aliphatic rings. The van der Waals surface area contributed by atoms with Crippen molar-refractivity contribution in [1.29, 1.82) is 0 Å². The van der Waals surface area contributed by atoms with Crippen LogP contribution in [0, 0.1) is 6.92 Å². The van der Waals surface area contributed by atoms with Gasteiger partial charge < -0.3 is 4.98 Å². The normalized spacial score (nSPS) is 14.9. The lowest BCUT2D eigenvalue weighted by Crippen LogP contribution is -2.39. The molecule has 1 aromatic carbocycles. The van der Waals surface area contributed by atoms with Crippen molar-refractivity contribution in [1.82, 2.24) is 23.8 Å². The van der Waals surface area contributed by atoms with Crippen LogP contribution in [0.4, 0.5) is 0 Å². The molecular formula is C24H23N5O2S3. The zero-order valence-corrected chi connectivity index (χ0v) is 21.2. The van der Waals surface area contributed by atoms with E-state index >= 15 is 0 Å². The Morgan fingerprint density at radius 3 is 2.76 bits per heavy atom. The lowest BCUT2D eigenvalue weighted by molar-refractivity contribution is 0.642. The van der Waals surface area contributed by atoms with Gasteiger partial charge in [0.25, 0.3) is 5.56 Å². The number of hydrogen-bond acceptors (Lipinski definition) is 7. The fourth-order valence-electron chi connectivity index (χ4n) is 3.98. The van der Waals surface area contributed by atoms with E-state index in [-0.39, 0.29) is 23.3 Å². The van der Waals surface area contributed by atoms with E-state index < -0.39 is 0 Å². The third kappa shape index (κ3) is 4.04. The van der Waals surface area contributed by atoms with Gasteiger partial charge in [0.05, 0.1) is 27.7 Å². The van der Waals surface area contributed by atoms with Crippen molar-refractivity contribution in [3.05, 3.63) is 79.0 Å². The molecule has 0 bridgehead atoms. The van der Waals surface area contributed by atoms with E-state index in [1.165, 1.54) is 27.2 Å². The van der Waals surface area contributed by atoms with E-state index in [1.807, 2.05) is 31.3 Å².